The van der Waals surface area contributed by atoms with Crippen molar-refractivity contribution in [1.82, 2.24) is 15.1 Å². The van der Waals surface area contributed by atoms with Crippen molar-refractivity contribution >= 4 is 0 Å². The second kappa shape index (κ2) is 6.50. The van der Waals surface area contributed by atoms with E-state index in [4.69, 9.17) is 5.11 Å². The molecule has 0 unspecified atom stereocenters. The minimum absolute atomic E-state index is 0.186. The smallest absolute Gasteiger partial charge is 0.0695 e. The first-order valence-electron chi connectivity index (χ1n) is 6.67. The maximum atomic E-state index is 9.05. The molecule has 0 bridgehead atoms. The third-order valence-electron chi connectivity index (χ3n) is 3.32. The van der Waals surface area contributed by atoms with E-state index in [1.165, 1.54) is 11.1 Å². The predicted octanol–water partition coefficient (Wildman–Crippen LogP) is 2.20. The molecular formula is C15H21N3O. The lowest BCUT2D eigenvalue weighted by atomic mass is 10.1. The second-order valence-corrected chi connectivity index (χ2v) is 4.73. The normalized spacial score (nSPS) is 11.2. The number of aliphatic hydroxyl groups excluding tert-OH is 1. The highest BCUT2D eigenvalue weighted by atomic mass is 16.3. The third-order valence-corrected chi connectivity index (χ3v) is 3.32. The standard InChI is InChI=1S/C15H21N3O/c1-3-18(8-9-19)11-14-10-16-17-15(14)13-6-4-12(2)5-7-13/h4-7,10,19H,3,8-9,11H2,1-2H3,(H,16,17). The fraction of sp³-hybridized carbons (Fsp3) is 0.400. The number of aromatic amines is 1. The van der Waals surface area contributed by atoms with E-state index in [9.17, 15) is 0 Å². The molecule has 0 radical (unpaired) electrons. The fourth-order valence-electron chi connectivity index (χ4n) is 2.13. The lowest BCUT2D eigenvalue weighted by molar-refractivity contribution is 0.197. The van der Waals surface area contributed by atoms with Gasteiger partial charge in [0, 0.05) is 18.7 Å². The number of rotatable bonds is 6. The summed E-state index contributed by atoms with van der Waals surface area (Å²) >= 11 is 0. The lowest BCUT2D eigenvalue weighted by Crippen LogP contribution is -2.26. The first-order valence-corrected chi connectivity index (χ1v) is 6.67. The summed E-state index contributed by atoms with van der Waals surface area (Å²) in [7, 11) is 0. The summed E-state index contributed by atoms with van der Waals surface area (Å²) in [6.07, 6.45) is 1.87. The van der Waals surface area contributed by atoms with Gasteiger partial charge in [-0.15, -0.1) is 0 Å². The minimum atomic E-state index is 0.186. The van der Waals surface area contributed by atoms with Gasteiger partial charge in [-0.05, 0) is 19.0 Å². The Morgan fingerprint density at radius 2 is 2.00 bits per heavy atom. The summed E-state index contributed by atoms with van der Waals surface area (Å²) in [5.74, 6) is 0. The molecule has 0 atom stereocenters. The van der Waals surface area contributed by atoms with Crippen LogP contribution in [0.2, 0.25) is 0 Å². The van der Waals surface area contributed by atoms with Crippen molar-refractivity contribution in [3.63, 3.8) is 0 Å². The predicted molar refractivity (Wildman–Crippen MR) is 76.8 cm³/mol. The third kappa shape index (κ3) is 3.43. The van der Waals surface area contributed by atoms with Crippen molar-refractivity contribution in [3.8, 4) is 11.3 Å². The van der Waals surface area contributed by atoms with Crippen LogP contribution < -0.4 is 0 Å². The van der Waals surface area contributed by atoms with Gasteiger partial charge in [-0.2, -0.15) is 5.10 Å². The van der Waals surface area contributed by atoms with Crippen LogP contribution >= 0.6 is 0 Å². The number of aryl methyl sites for hydroxylation is 1. The first kappa shape index (κ1) is 13.8. The molecule has 2 aromatic rings. The zero-order valence-corrected chi connectivity index (χ0v) is 11.6. The summed E-state index contributed by atoms with van der Waals surface area (Å²) in [5.41, 5.74) is 4.63. The largest absolute Gasteiger partial charge is 0.395 e. The van der Waals surface area contributed by atoms with Gasteiger partial charge in [0.2, 0.25) is 0 Å². The molecule has 19 heavy (non-hydrogen) atoms. The number of nitrogens with one attached hydrogen (secondary N) is 1. The Morgan fingerprint density at radius 3 is 2.63 bits per heavy atom. The van der Waals surface area contributed by atoms with E-state index in [-0.39, 0.29) is 6.61 Å². The van der Waals surface area contributed by atoms with Crippen molar-refractivity contribution in [2.24, 2.45) is 0 Å². The molecule has 2 N–H and O–H groups in total. The zero-order chi connectivity index (χ0) is 13.7. The van der Waals surface area contributed by atoms with Crippen LogP contribution in [-0.4, -0.2) is 39.9 Å². The highest BCUT2D eigenvalue weighted by Gasteiger charge is 2.11. The zero-order valence-electron chi connectivity index (χ0n) is 11.6. The molecular weight excluding hydrogens is 238 g/mol. The highest BCUT2D eigenvalue weighted by Crippen LogP contribution is 2.22. The SMILES string of the molecule is CCN(CCO)Cc1cn[nH]c1-c1ccc(C)cc1. The van der Waals surface area contributed by atoms with Crippen molar-refractivity contribution in [2.75, 3.05) is 19.7 Å². The van der Waals surface area contributed by atoms with E-state index in [1.807, 2.05) is 6.20 Å². The van der Waals surface area contributed by atoms with E-state index in [0.717, 1.165) is 24.3 Å². The Morgan fingerprint density at radius 1 is 1.26 bits per heavy atom. The van der Waals surface area contributed by atoms with Gasteiger partial charge in [0.1, 0.15) is 0 Å². The number of nitrogens with zero attached hydrogens (tertiary/aromatic N) is 2. The Kier molecular flexibility index (Phi) is 4.71. The lowest BCUT2D eigenvalue weighted by Gasteiger charge is -2.18. The van der Waals surface area contributed by atoms with Crippen LogP contribution in [-0.2, 0) is 6.54 Å². The Hall–Kier alpha value is -1.65. The molecule has 0 aliphatic heterocycles. The van der Waals surface area contributed by atoms with Crippen molar-refractivity contribution < 1.29 is 5.11 Å². The fourth-order valence-corrected chi connectivity index (χ4v) is 2.13. The van der Waals surface area contributed by atoms with E-state index in [1.54, 1.807) is 0 Å². The molecule has 0 aliphatic carbocycles. The Balaban J connectivity index is 2.19. The number of aliphatic hydroxyl groups is 1. The van der Waals surface area contributed by atoms with Crippen molar-refractivity contribution in [3.05, 3.63) is 41.6 Å². The van der Waals surface area contributed by atoms with Gasteiger partial charge >= 0.3 is 0 Å². The number of H-pyrrole nitrogens is 1. The molecule has 0 spiro atoms. The van der Waals surface area contributed by atoms with E-state index >= 15 is 0 Å². The molecule has 4 heteroatoms. The van der Waals surface area contributed by atoms with Gasteiger partial charge < -0.3 is 5.11 Å². The number of benzene rings is 1. The van der Waals surface area contributed by atoms with Crippen LogP contribution in [0.1, 0.15) is 18.1 Å². The highest BCUT2D eigenvalue weighted by molar-refractivity contribution is 5.62. The van der Waals surface area contributed by atoms with Crippen LogP contribution in [0.15, 0.2) is 30.5 Å². The molecule has 0 saturated heterocycles. The van der Waals surface area contributed by atoms with Crippen molar-refractivity contribution in [1.29, 1.82) is 0 Å². The summed E-state index contributed by atoms with van der Waals surface area (Å²) in [4.78, 5) is 2.20. The molecule has 1 aromatic carbocycles. The number of likely N-dealkylation sites (N-methyl/N-ethyl adjacent to an activating group) is 1. The van der Waals surface area contributed by atoms with Crippen LogP contribution in [0, 0.1) is 6.92 Å². The molecule has 1 aromatic heterocycles. The van der Waals surface area contributed by atoms with Gasteiger partial charge in [-0.25, -0.2) is 0 Å². The van der Waals surface area contributed by atoms with E-state index < -0.39 is 0 Å². The molecule has 0 aliphatic rings. The number of aromatic nitrogens is 2. The Labute approximate surface area is 114 Å². The average molecular weight is 259 g/mol. The van der Waals surface area contributed by atoms with Crippen LogP contribution in [0.3, 0.4) is 0 Å². The average Bonchev–Trinajstić information content (AvgIpc) is 2.87. The molecule has 2 rings (SSSR count). The van der Waals surface area contributed by atoms with Gasteiger partial charge in [0.15, 0.2) is 0 Å². The monoisotopic (exact) mass is 259 g/mol. The van der Waals surface area contributed by atoms with E-state index in [0.29, 0.717) is 6.54 Å². The molecule has 0 amide bonds. The van der Waals surface area contributed by atoms with Crippen LogP contribution in [0.4, 0.5) is 0 Å². The number of hydrogen-bond acceptors (Lipinski definition) is 3. The summed E-state index contributed by atoms with van der Waals surface area (Å²) < 4.78 is 0. The van der Waals surface area contributed by atoms with Gasteiger partial charge in [0.05, 0.1) is 18.5 Å². The second-order valence-electron chi connectivity index (χ2n) is 4.73. The molecule has 1 heterocycles. The van der Waals surface area contributed by atoms with Gasteiger partial charge in [-0.3, -0.25) is 10.00 Å². The topological polar surface area (TPSA) is 52.1 Å². The van der Waals surface area contributed by atoms with Crippen molar-refractivity contribution in [2.45, 2.75) is 20.4 Å². The quantitative estimate of drug-likeness (QED) is 0.836. The van der Waals surface area contributed by atoms with Gasteiger partial charge in [-0.1, -0.05) is 36.8 Å². The number of hydrogen-bond donors (Lipinski definition) is 2. The first-order chi connectivity index (χ1) is 9.24. The van der Waals surface area contributed by atoms with Crippen LogP contribution in [0.25, 0.3) is 11.3 Å². The Bertz CT molecular complexity index is 504. The molecule has 102 valence electrons. The maximum Gasteiger partial charge on any atom is 0.0695 e. The van der Waals surface area contributed by atoms with Crippen LogP contribution in [0.5, 0.6) is 0 Å². The molecule has 4 nitrogen and oxygen atoms in total. The van der Waals surface area contributed by atoms with Gasteiger partial charge in [0.25, 0.3) is 0 Å². The summed E-state index contributed by atoms with van der Waals surface area (Å²) in [5, 5.41) is 16.3. The maximum absolute atomic E-state index is 9.05. The summed E-state index contributed by atoms with van der Waals surface area (Å²) in [6, 6.07) is 8.42. The van der Waals surface area contributed by atoms with E-state index in [2.05, 4.69) is 53.2 Å². The minimum Gasteiger partial charge on any atom is -0.395 e. The summed E-state index contributed by atoms with van der Waals surface area (Å²) in [6.45, 7) is 6.77. The molecule has 0 saturated carbocycles. The molecule has 0 fully saturated rings.